The summed E-state index contributed by atoms with van der Waals surface area (Å²) < 4.78 is 0. The molecule has 0 bridgehead atoms. The van der Waals surface area contributed by atoms with Crippen molar-refractivity contribution < 1.29 is 4.79 Å². The minimum absolute atomic E-state index is 0.223. The molecule has 88 valence electrons. The lowest BCUT2D eigenvalue weighted by Gasteiger charge is -2.01. The average Bonchev–Trinajstić information content (AvgIpc) is 2.98. The largest absolute Gasteiger partial charge is 0.355 e. The molecule has 1 N–H and O–H groups in total. The molecule has 0 atom stereocenters. The molecule has 0 radical (unpaired) electrons. The highest BCUT2D eigenvalue weighted by Gasteiger charge is 2.29. The molecule has 0 aromatic carbocycles. The van der Waals surface area contributed by atoms with Gasteiger partial charge in [0.2, 0.25) is 5.91 Å². The molecule has 0 unspecified atom stereocenters. The normalized spacial score (nSPS) is 15.4. The van der Waals surface area contributed by atoms with Crippen molar-refractivity contribution in [3.63, 3.8) is 0 Å². The topological polar surface area (TPSA) is 42.0 Å². The van der Waals surface area contributed by atoms with E-state index in [-0.39, 0.29) is 5.91 Å². The third-order valence-electron chi connectivity index (χ3n) is 2.75. The van der Waals surface area contributed by atoms with Crippen molar-refractivity contribution in [2.75, 3.05) is 6.54 Å². The number of carbonyl (C=O) groups is 1. The van der Waals surface area contributed by atoms with Crippen molar-refractivity contribution in [1.29, 1.82) is 0 Å². The van der Waals surface area contributed by atoms with Gasteiger partial charge >= 0.3 is 0 Å². The minimum Gasteiger partial charge on any atom is -0.355 e. The van der Waals surface area contributed by atoms with Gasteiger partial charge in [0.05, 0.1) is 10.7 Å². The molecule has 4 heteroatoms. The van der Waals surface area contributed by atoms with E-state index in [0.29, 0.717) is 11.8 Å². The molecule has 1 fully saturated rings. The first-order chi connectivity index (χ1) is 7.66. The summed E-state index contributed by atoms with van der Waals surface area (Å²) in [6, 6.07) is 0. The van der Waals surface area contributed by atoms with Gasteiger partial charge in [0, 0.05) is 24.3 Å². The third kappa shape index (κ3) is 3.04. The van der Waals surface area contributed by atoms with Crippen LogP contribution in [0.25, 0.3) is 0 Å². The Bertz CT molecular complexity index is 369. The maximum Gasteiger partial charge on any atom is 0.223 e. The molecule has 16 heavy (non-hydrogen) atoms. The predicted octanol–water partition coefficient (Wildman–Crippen LogP) is 2.34. The van der Waals surface area contributed by atoms with E-state index in [1.807, 2.05) is 0 Å². The number of nitrogens with one attached hydrogen (secondary N) is 1. The molecule has 0 spiro atoms. The number of hydrogen-bond donors (Lipinski definition) is 1. The Balaban J connectivity index is 1.73. The molecule has 0 saturated heterocycles. The summed E-state index contributed by atoms with van der Waals surface area (Å²) in [5, 5.41) is 6.20. The van der Waals surface area contributed by atoms with Gasteiger partial charge in [0.25, 0.3) is 0 Å². The van der Waals surface area contributed by atoms with Crippen molar-refractivity contribution in [2.24, 2.45) is 5.92 Å². The Morgan fingerprint density at radius 3 is 2.94 bits per heavy atom. The summed E-state index contributed by atoms with van der Waals surface area (Å²) in [6.45, 7) is 5.02. The van der Waals surface area contributed by atoms with Crippen LogP contribution in [0.2, 0.25) is 0 Å². The summed E-state index contributed by atoms with van der Waals surface area (Å²) in [4.78, 5) is 15.9. The Morgan fingerprint density at radius 2 is 2.38 bits per heavy atom. The fourth-order valence-corrected chi connectivity index (χ4v) is 2.45. The molecule has 1 aliphatic carbocycles. The smallest absolute Gasteiger partial charge is 0.223 e. The number of aromatic nitrogens is 1. The quantitative estimate of drug-likeness (QED) is 0.855. The van der Waals surface area contributed by atoms with Crippen LogP contribution in [0.3, 0.4) is 0 Å². The molecular weight excluding hydrogens is 220 g/mol. The maximum absolute atomic E-state index is 11.4. The van der Waals surface area contributed by atoms with Gasteiger partial charge in [-0.2, -0.15) is 0 Å². The molecule has 1 aromatic heterocycles. The lowest BCUT2D eigenvalue weighted by Crippen LogP contribution is -2.26. The predicted molar refractivity (Wildman–Crippen MR) is 65.6 cm³/mol. The summed E-state index contributed by atoms with van der Waals surface area (Å²) in [5.74, 6) is 1.02. The monoisotopic (exact) mass is 238 g/mol. The summed E-state index contributed by atoms with van der Waals surface area (Å²) in [5.41, 5.74) is 1.16. The van der Waals surface area contributed by atoms with Crippen LogP contribution in [-0.4, -0.2) is 17.4 Å². The van der Waals surface area contributed by atoms with E-state index >= 15 is 0 Å². The van der Waals surface area contributed by atoms with Gasteiger partial charge in [-0.3, -0.25) is 4.79 Å². The van der Waals surface area contributed by atoms with E-state index in [0.717, 1.165) is 36.5 Å². The lowest BCUT2D eigenvalue weighted by atomic mass is 10.2. The second-order valence-electron chi connectivity index (χ2n) is 4.64. The molecule has 1 saturated carbocycles. The SMILES string of the molecule is CC(C)c1csc(CCNC(=O)C2CC2)n1. The Kier molecular flexibility index (Phi) is 3.59. The van der Waals surface area contributed by atoms with Gasteiger partial charge in [0.15, 0.2) is 0 Å². The van der Waals surface area contributed by atoms with Crippen molar-refractivity contribution >= 4 is 17.2 Å². The van der Waals surface area contributed by atoms with E-state index < -0.39 is 0 Å². The van der Waals surface area contributed by atoms with Gasteiger partial charge in [0.1, 0.15) is 0 Å². The lowest BCUT2D eigenvalue weighted by molar-refractivity contribution is -0.122. The van der Waals surface area contributed by atoms with E-state index in [9.17, 15) is 4.79 Å². The zero-order valence-corrected chi connectivity index (χ0v) is 10.6. The molecule has 3 nitrogen and oxygen atoms in total. The number of carbonyl (C=O) groups excluding carboxylic acids is 1. The Hall–Kier alpha value is -0.900. The second-order valence-corrected chi connectivity index (χ2v) is 5.58. The number of hydrogen-bond acceptors (Lipinski definition) is 3. The first-order valence-electron chi connectivity index (χ1n) is 5.89. The third-order valence-corrected chi connectivity index (χ3v) is 3.67. The van der Waals surface area contributed by atoms with Crippen LogP contribution in [0.4, 0.5) is 0 Å². The Morgan fingerprint density at radius 1 is 1.62 bits per heavy atom. The van der Waals surface area contributed by atoms with Crippen molar-refractivity contribution in [3.8, 4) is 0 Å². The maximum atomic E-state index is 11.4. The van der Waals surface area contributed by atoms with Gasteiger partial charge in [-0.1, -0.05) is 13.8 Å². The zero-order chi connectivity index (χ0) is 11.5. The highest BCUT2D eigenvalue weighted by Crippen LogP contribution is 2.28. The highest BCUT2D eigenvalue weighted by molar-refractivity contribution is 7.09. The number of rotatable bonds is 5. The molecule has 1 aliphatic rings. The summed E-state index contributed by atoms with van der Waals surface area (Å²) in [7, 11) is 0. The first-order valence-corrected chi connectivity index (χ1v) is 6.77. The number of thiazole rings is 1. The second kappa shape index (κ2) is 4.95. The summed E-state index contributed by atoms with van der Waals surface area (Å²) in [6.07, 6.45) is 3.00. The minimum atomic E-state index is 0.223. The standard InChI is InChI=1S/C12H18N2OS/c1-8(2)10-7-16-11(14-10)5-6-13-12(15)9-3-4-9/h7-9H,3-6H2,1-2H3,(H,13,15). The molecule has 1 aromatic rings. The van der Waals surface area contributed by atoms with E-state index in [1.54, 1.807) is 11.3 Å². The molecule has 1 amide bonds. The van der Waals surface area contributed by atoms with Crippen molar-refractivity contribution in [2.45, 2.75) is 39.0 Å². The Labute approximate surface area is 100 Å². The first kappa shape index (κ1) is 11.6. The molecule has 2 rings (SSSR count). The van der Waals surface area contributed by atoms with Crippen LogP contribution in [-0.2, 0) is 11.2 Å². The fourth-order valence-electron chi connectivity index (χ4n) is 1.49. The molecular formula is C12H18N2OS. The van der Waals surface area contributed by atoms with Crippen LogP contribution in [0.1, 0.15) is 43.3 Å². The van der Waals surface area contributed by atoms with E-state index in [4.69, 9.17) is 0 Å². The zero-order valence-electron chi connectivity index (χ0n) is 9.82. The van der Waals surface area contributed by atoms with E-state index in [1.165, 1.54) is 0 Å². The average molecular weight is 238 g/mol. The summed E-state index contributed by atoms with van der Waals surface area (Å²) >= 11 is 1.69. The van der Waals surface area contributed by atoms with Crippen molar-refractivity contribution in [1.82, 2.24) is 10.3 Å². The van der Waals surface area contributed by atoms with Crippen LogP contribution in [0.5, 0.6) is 0 Å². The van der Waals surface area contributed by atoms with Gasteiger partial charge < -0.3 is 5.32 Å². The molecule has 0 aliphatic heterocycles. The van der Waals surface area contributed by atoms with Crippen LogP contribution in [0, 0.1) is 5.92 Å². The van der Waals surface area contributed by atoms with Crippen LogP contribution < -0.4 is 5.32 Å². The van der Waals surface area contributed by atoms with Gasteiger partial charge in [-0.15, -0.1) is 11.3 Å². The van der Waals surface area contributed by atoms with Crippen molar-refractivity contribution in [3.05, 3.63) is 16.1 Å². The van der Waals surface area contributed by atoms with Gasteiger partial charge in [-0.25, -0.2) is 4.98 Å². The van der Waals surface area contributed by atoms with E-state index in [2.05, 4.69) is 29.5 Å². The fraction of sp³-hybridized carbons (Fsp3) is 0.667. The number of amides is 1. The van der Waals surface area contributed by atoms with Crippen LogP contribution in [0.15, 0.2) is 5.38 Å². The highest BCUT2D eigenvalue weighted by atomic mass is 32.1. The van der Waals surface area contributed by atoms with Gasteiger partial charge in [-0.05, 0) is 18.8 Å². The molecule has 1 heterocycles. The number of nitrogens with zero attached hydrogens (tertiary/aromatic N) is 1. The van der Waals surface area contributed by atoms with Crippen LogP contribution >= 0.6 is 11.3 Å².